The molecular formula is C15H14N4OS. The molecule has 2 N–H and O–H groups in total. The van der Waals surface area contributed by atoms with Gasteiger partial charge in [-0.1, -0.05) is 29.5 Å². The highest BCUT2D eigenvalue weighted by Crippen LogP contribution is 2.25. The first-order chi connectivity index (χ1) is 10.2. The van der Waals surface area contributed by atoms with E-state index in [1.807, 2.05) is 43.3 Å². The molecule has 3 aromatic rings. The summed E-state index contributed by atoms with van der Waals surface area (Å²) in [5.41, 5.74) is 1.84. The molecule has 6 heteroatoms. The van der Waals surface area contributed by atoms with Crippen molar-refractivity contribution in [2.24, 2.45) is 0 Å². The van der Waals surface area contributed by atoms with Crippen LogP contribution in [0.5, 0.6) is 0 Å². The van der Waals surface area contributed by atoms with E-state index in [1.54, 1.807) is 12.4 Å². The standard InChI is InChI=1S/C15H14N4OS/c1-10(11-5-4-8-16-9-11)17-14(20)19-15-18-12-6-2-3-7-13(12)21-15/h2-10H,1H3,(H2,17,18,19,20)/t10-/m1/s1. The first kappa shape index (κ1) is 13.5. The first-order valence-electron chi connectivity index (χ1n) is 6.55. The highest BCUT2D eigenvalue weighted by molar-refractivity contribution is 7.22. The zero-order chi connectivity index (χ0) is 14.7. The number of carbonyl (C=O) groups excluding carboxylic acids is 1. The van der Waals surface area contributed by atoms with Crippen molar-refractivity contribution in [2.45, 2.75) is 13.0 Å². The van der Waals surface area contributed by atoms with E-state index in [9.17, 15) is 4.79 Å². The Balaban J connectivity index is 1.66. The third-order valence-electron chi connectivity index (χ3n) is 3.05. The van der Waals surface area contributed by atoms with E-state index < -0.39 is 0 Å². The number of thiazole rings is 1. The van der Waals surface area contributed by atoms with Crippen molar-refractivity contribution >= 4 is 32.7 Å². The Labute approximate surface area is 126 Å². The molecule has 2 aromatic heterocycles. The van der Waals surface area contributed by atoms with E-state index in [-0.39, 0.29) is 12.1 Å². The third kappa shape index (κ3) is 3.17. The van der Waals surface area contributed by atoms with E-state index in [2.05, 4.69) is 20.6 Å². The number of amides is 2. The number of nitrogens with zero attached hydrogens (tertiary/aromatic N) is 2. The number of fused-ring (bicyclic) bond motifs is 1. The normalized spacial score (nSPS) is 12.0. The number of para-hydroxylation sites is 1. The van der Waals surface area contributed by atoms with Gasteiger partial charge in [-0.2, -0.15) is 0 Å². The van der Waals surface area contributed by atoms with Gasteiger partial charge < -0.3 is 5.32 Å². The SMILES string of the molecule is C[C@@H](NC(=O)Nc1nc2ccccc2s1)c1cccnc1. The quantitative estimate of drug-likeness (QED) is 0.776. The van der Waals surface area contributed by atoms with Crippen molar-refractivity contribution in [3.8, 4) is 0 Å². The van der Waals surface area contributed by atoms with Crippen molar-refractivity contribution in [2.75, 3.05) is 5.32 Å². The van der Waals surface area contributed by atoms with Gasteiger partial charge in [-0.05, 0) is 30.7 Å². The molecule has 2 amide bonds. The van der Waals surface area contributed by atoms with Crippen LogP contribution >= 0.6 is 11.3 Å². The maximum absolute atomic E-state index is 12.0. The van der Waals surface area contributed by atoms with Crippen LogP contribution in [0.15, 0.2) is 48.8 Å². The molecule has 0 saturated carbocycles. The Kier molecular flexibility index (Phi) is 3.79. The van der Waals surface area contributed by atoms with Crippen molar-refractivity contribution in [3.05, 3.63) is 54.4 Å². The summed E-state index contributed by atoms with van der Waals surface area (Å²) in [6.07, 6.45) is 3.44. The molecule has 1 aromatic carbocycles. The lowest BCUT2D eigenvalue weighted by Crippen LogP contribution is -2.31. The van der Waals surface area contributed by atoms with Crippen LogP contribution < -0.4 is 10.6 Å². The summed E-state index contributed by atoms with van der Waals surface area (Å²) < 4.78 is 1.05. The maximum atomic E-state index is 12.0. The average Bonchev–Trinajstić information content (AvgIpc) is 2.90. The van der Waals surface area contributed by atoms with Gasteiger partial charge in [-0.3, -0.25) is 10.3 Å². The van der Waals surface area contributed by atoms with Crippen LogP contribution in [-0.2, 0) is 0 Å². The summed E-state index contributed by atoms with van der Waals surface area (Å²) in [6, 6.07) is 11.2. The predicted molar refractivity (Wildman–Crippen MR) is 84.4 cm³/mol. The van der Waals surface area contributed by atoms with Crippen molar-refractivity contribution in [1.29, 1.82) is 0 Å². The van der Waals surface area contributed by atoms with E-state index in [0.29, 0.717) is 5.13 Å². The third-order valence-corrected chi connectivity index (χ3v) is 4.00. The average molecular weight is 298 g/mol. The number of benzene rings is 1. The minimum absolute atomic E-state index is 0.118. The Morgan fingerprint density at radius 2 is 2.10 bits per heavy atom. The fraction of sp³-hybridized carbons (Fsp3) is 0.133. The zero-order valence-corrected chi connectivity index (χ0v) is 12.2. The van der Waals surface area contributed by atoms with Crippen molar-refractivity contribution < 1.29 is 4.79 Å². The summed E-state index contributed by atoms with van der Waals surface area (Å²) in [6.45, 7) is 1.91. The molecule has 1 atom stereocenters. The first-order valence-corrected chi connectivity index (χ1v) is 7.37. The van der Waals surface area contributed by atoms with Gasteiger partial charge in [0.1, 0.15) is 0 Å². The summed E-state index contributed by atoms with van der Waals surface area (Å²) in [5, 5.41) is 6.22. The lowest BCUT2D eigenvalue weighted by atomic mass is 10.1. The molecule has 2 heterocycles. The second-order valence-electron chi connectivity index (χ2n) is 4.59. The van der Waals surface area contributed by atoms with Gasteiger partial charge in [-0.25, -0.2) is 9.78 Å². The number of nitrogens with one attached hydrogen (secondary N) is 2. The fourth-order valence-corrected chi connectivity index (χ4v) is 2.83. The van der Waals surface area contributed by atoms with Gasteiger partial charge in [-0.15, -0.1) is 0 Å². The van der Waals surface area contributed by atoms with Crippen molar-refractivity contribution in [1.82, 2.24) is 15.3 Å². The Hall–Kier alpha value is -2.47. The van der Waals surface area contributed by atoms with Gasteiger partial charge in [0.2, 0.25) is 0 Å². The van der Waals surface area contributed by atoms with Gasteiger partial charge in [0.25, 0.3) is 0 Å². The molecule has 0 aliphatic carbocycles. The molecule has 106 valence electrons. The minimum atomic E-state index is -0.273. The Bertz CT molecular complexity index is 723. The minimum Gasteiger partial charge on any atom is -0.331 e. The lowest BCUT2D eigenvalue weighted by Gasteiger charge is -2.13. The predicted octanol–water partition coefficient (Wildman–Crippen LogP) is 3.57. The van der Waals surface area contributed by atoms with E-state index >= 15 is 0 Å². The molecular weight excluding hydrogens is 284 g/mol. The van der Waals surface area contributed by atoms with Gasteiger partial charge >= 0.3 is 6.03 Å². The molecule has 5 nitrogen and oxygen atoms in total. The molecule has 0 bridgehead atoms. The molecule has 0 unspecified atom stereocenters. The summed E-state index contributed by atoms with van der Waals surface area (Å²) in [5.74, 6) is 0. The van der Waals surface area contributed by atoms with Crippen LogP contribution in [0.4, 0.5) is 9.93 Å². The van der Waals surface area contributed by atoms with Crippen molar-refractivity contribution in [3.63, 3.8) is 0 Å². The van der Waals surface area contributed by atoms with E-state index in [0.717, 1.165) is 15.8 Å². The van der Waals surface area contributed by atoms with Crippen LogP contribution in [-0.4, -0.2) is 16.0 Å². The molecule has 3 rings (SSSR count). The summed E-state index contributed by atoms with van der Waals surface area (Å²) >= 11 is 1.45. The number of aromatic nitrogens is 2. The fourth-order valence-electron chi connectivity index (χ4n) is 1.97. The highest BCUT2D eigenvalue weighted by Gasteiger charge is 2.11. The molecule has 0 radical (unpaired) electrons. The molecule has 0 aliphatic rings. The molecule has 0 saturated heterocycles. The second kappa shape index (κ2) is 5.88. The monoisotopic (exact) mass is 298 g/mol. The number of pyridine rings is 1. The zero-order valence-electron chi connectivity index (χ0n) is 11.4. The Morgan fingerprint density at radius 1 is 1.24 bits per heavy atom. The van der Waals surface area contributed by atoms with Crippen LogP contribution in [0.1, 0.15) is 18.5 Å². The number of carbonyl (C=O) groups is 1. The summed E-state index contributed by atoms with van der Waals surface area (Å²) in [4.78, 5) is 20.4. The smallest absolute Gasteiger partial charge is 0.321 e. The number of anilines is 1. The highest BCUT2D eigenvalue weighted by atomic mass is 32.1. The number of hydrogen-bond donors (Lipinski definition) is 2. The topological polar surface area (TPSA) is 66.9 Å². The molecule has 0 aliphatic heterocycles. The molecule has 0 fully saturated rings. The maximum Gasteiger partial charge on any atom is 0.321 e. The lowest BCUT2D eigenvalue weighted by molar-refractivity contribution is 0.249. The van der Waals surface area contributed by atoms with E-state index in [1.165, 1.54) is 11.3 Å². The summed E-state index contributed by atoms with van der Waals surface area (Å²) in [7, 11) is 0. The van der Waals surface area contributed by atoms with Crippen LogP contribution in [0, 0.1) is 0 Å². The number of rotatable bonds is 3. The Morgan fingerprint density at radius 3 is 2.86 bits per heavy atom. The van der Waals surface area contributed by atoms with Gasteiger partial charge in [0.05, 0.1) is 16.3 Å². The second-order valence-corrected chi connectivity index (χ2v) is 5.62. The number of hydrogen-bond acceptors (Lipinski definition) is 4. The van der Waals surface area contributed by atoms with Gasteiger partial charge in [0.15, 0.2) is 5.13 Å². The molecule has 0 spiro atoms. The van der Waals surface area contributed by atoms with Crippen LogP contribution in [0.2, 0.25) is 0 Å². The van der Waals surface area contributed by atoms with Crippen LogP contribution in [0.25, 0.3) is 10.2 Å². The van der Waals surface area contributed by atoms with Gasteiger partial charge in [0, 0.05) is 12.4 Å². The molecule has 21 heavy (non-hydrogen) atoms. The largest absolute Gasteiger partial charge is 0.331 e. The van der Waals surface area contributed by atoms with Crippen LogP contribution in [0.3, 0.4) is 0 Å². The van der Waals surface area contributed by atoms with E-state index in [4.69, 9.17) is 0 Å². The number of urea groups is 1.